The Bertz CT molecular complexity index is 1230. The Kier molecular flexibility index (Phi) is 6.99. The summed E-state index contributed by atoms with van der Waals surface area (Å²) in [5.41, 5.74) is 4.84. The molecule has 0 saturated carbocycles. The number of benzene rings is 1. The molecule has 0 atom stereocenters. The lowest BCUT2D eigenvalue weighted by Gasteiger charge is -2.32. The lowest BCUT2D eigenvalue weighted by Crippen LogP contribution is -2.29. The second-order valence-corrected chi connectivity index (χ2v) is 11.8. The molecule has 4 aliphatic rings. The standard InChI is InChI=1S/C32H42NO2/c1-9-33(10-2)26-17-16-24-20-25-13-11-12-23(30(25)34-27(24)21-26)15-14-22-18-28(31(3,4)5)35-29(19-22)32(6,7)8/h14-21H,9-13H2,1-8H3/q+1/b23-15-. The molecule has 3 heteroatoms. The Morgan fingerprint density at radius 2 is 1.51 bits per heavy atom. The second kappa shape index (κ2) is 9.68. The molecular formula is C32H42NO2+. The van der Waals surface area contributed by atoms with Crippen LogP contribution in [-0.2, 0) is 11.2 Å². The summed E-state index contributed by atoms with van der Waals surface area (Å²) in [7, 11) is 0. The van der Waals surface area contributed by atoms with Gasteiger partial charge in [0.2, 0.25) is 5.36 Å². The van der Waals surface area contributed by atoms with Gasteiger partial charge >= 0.3 is 0 Å². The normalized spacial score (nSPS) is 17.6. The Labute approximate surface area is 211 Å². The molecule has 35 heavy (non-hydrogen) atoms. The molecule has 4 rings (SSSR count). The maximum absolute atomic E-state index is 6.59. The van der Waals surface area contributed by atoms with E-state index in [0.29, 0.717) is 0 Å². The first-order chi connectivity index (χ1) is 16.5. The predicted octanol–water partition coefficient (Wildman–Crippen LogP) is 7.73. The van der Waals surface area contributed by atoms with E-state index < -0.39 is 0 Å². The van der Waals surface area contributed by atoms with Gasteiger partial charge in [-0.05, 0) is 74.1 Å². The van der Waals surface area contributed by atoms with E-state index in [1.165, 1.54) is 27.6 Å². The van der Waals surface area contributed by atoms with E-state index in [9.17, 15) is 0 Å². The number of aryl methyl sites for hydroxylation is 1. The lowest BCUT2D eigenvalue weighted by molar-refractivity contribution is 0.161. The van der Waals surface area contributed by atoms with Gasteiger partial charge < -0.3 is 9.15 Å². The molecule has 3 nitrogen and oxygen atoms in total. The number of nitrogens with zero attached hydrogens (tertiary/aromatic N) is 1. The van der Waals surface area contributed by atoms with Gasteiger partial charge in [0.15, 0.2) is 0 Å². The van der Waals surface area contributed by atoms with Gasteiger partial charge in [-0.1, -0.05) is 53.7 Å². The van der Waals surface area contributed by atoms with Gasteiger partial charge in [-0.25, -0.2) is 4.58 Å². The van der Waals surface area contributed by atoms with E-state index in [1.54, 1.807) is 0 Å². The third-order valence-electron chi connectivity index (χ3n) is 6.91. The Balaban J connectivity index is 1.79. The summed E-state index contributed by atoms with van der Waals surface area (Å²) in [5.74, 6) is 4.03. The van der Waals surface area contributed by atoms with E-state index in [0.717, 1.165) is 55.4 Å². The summed E-state index contributed by atoms with van der Waals surface area (Å²) in [5, 5.41) is 1.22. The summed E-state index contributed by atoms with van der Waals surface area (Å²) in [4.78, 5) is 0. The Morgan fingerprint density at radius 1 is 0.857 bits per heavy atom. The van der Waals surface area contributed by atoms with E-state index in [4.69, 9.17) is 9.15 Å². The average molecular weight is 473 g/mol. The quantitative estimate of drug-likeness (QED) is 0.427. The minimum Gasteiger partial charge on any atom is -0.465 e. The van der Waals surface area contributed by atoms with Crippen molar-refractivity contribution in [1.82, 2.24) is 4.58 Å². The summed E-state index contributed by atoms with van der Waals surface area (Å²) >= 11 is 0. The highest BCUT2D eigenvalue weighted by Gasteiger charge is 2.29. The molecular weight excluding hydrogens is 430 g/mol. The van der Waals surface area contributed by atoms with Crippen LogP contribution in [0.1, 0.15) is 79.6 Å². The van der Waals surface area contributed by atoms with Crippen LogP contribution in [0.5, 0.6) is 0 Å². The molecule has 0 radical (unpaired) electrons. The SMILES string of the molecule is CC[N+](CC)=c1ccc2cc3c(oc-2c1)/C(=C\C=C1C=C(C(C)(C)C)OC(C(C)(C)C)=C1)CCC3. The fourth-order valence-corrected chi connectivity index (χ4v) is 4.70. The highest BCUT2D eigenvalue weighted by molar-refractivity contribution is 5.72. The van der Waals surface area contributed by atoms with Gasteiger partial charge in [0, 0.05) is 22.5 Å². The van der Waals surface area contributed by atoms with Crippen LogP contribution in [0.25, 0.3) is 16.9 Å². The summed E-state index contributed by atoms with van der Waals surface area (Å²) in [6, 6.07) is 8.93. The fraction of sp³-hybridized carbons (Fsp3) is 0.469. The van der Waals surface area contributed by atoms with Crippen LogP contribution in [0.3, 0.4) is 0 Å². The molecule has 0 saturated heterocycles. The van der Waals surface area contributed by atoms with Gasteiger partial charge in [-0.3, -0.25) is 0 Å². The molecule has 2 aliphatic carbocycles. The molecule has 186 valence electrons. The number of hydrogen-bond acceptors (Lipinski definition) is 2. The van der Waals surface area contributed by atoms with Crippen molar-refractivity contribution in [2.24, 2.45) is 10.8 Å². The van der Waals surface area contributed by atoms with Crippen molar-refractivity contribution in [3.8, 4) is 11.3 Å². The number of rotatable bonds is 3. The molecule has 0 aromatic rings. The topological polar surface area (TPSA) is 25.4 Å². The average Bonchev–Trinajstić information content (AvgIpc) is 2.81. The summed E-state index contributed by atoms with van der Waals surface area (Å²) in [6.07, 6.45) is 12.1. The van der Waals surface area contributed by atoms with Crippen LogP contribution in [0.4, 0.5) is 0 Å². The Hall–Kier alpha value is -2.81. The number of hydrogen-bond donors (Lipinski definition) is 0. The number of fused-ring (bicyclic) bond motifs is 2. The molecule has 0 bridgehead atoms. The smallest absolute Gasteiger partial charge is 0.203 e. The van der Waals surface area contributed by atoms with Gasteiger partial charge in [-0.15, -0.1) is 0 Å². The van der Waals surface area contributed by atoms with Crippen LogP contribution in [0, 0.1) is 10.8 Å². The highest BCUT2D eigenvalue weighted by atomic mass is 16.5. The van der Waals surface area contributed by atoms with Crippen LogP contribution in [-0.4, -0.2) is 13.1 Å². The molecule has 0 fully saturated rings. The largest absolute Gasteiger partial charge is 0.465 e. The van der Waals surface area contributed by atoms with Gasteiger partial charge in [-0.2, -0.15) is 0 Å². The monoisotopic (exact) mass is 472 g/mol. The maximum atomic E-state index is 6.59. The first-order valence-corrected chi connectivity index (χ1v) is 13.2. The van der Waals surface area contributed by atoms with Crippen molar-refractivity contribution in [3.05, 3.63) is 82.3 Å². The molecule has 0 spiro atoms. The Morgan fingerprint density at radius 3 is 2.11 bits per heavy atom. The third kappa shape index (κ3) is 5.55. The highest BCUT2D eigenvalue weighted by Crippen LogP contribution is 2.40. The zero-order chi connectivity index (χ0) is 25.4. The van der Waals surface area contributed by atoms with E-state index >= 15 is 0 Å². The predicted molar refractivity (Wildman–Crippen MR) is 147 cm³/mol. The third-order valence-corrected chi connectivity index (χ3v) is 6.91. The van der Waals surface area contributed by atoms with E-state index in [1.807, 2.05) is 0 Å². The van der Waals surface area contributed by atoms with Gasteiger partial charge in [0.25, 0.3) is 0 Å². The van der Waals surface area contributed by atoms with Crippen molar-refractivity contribution in [2.45, 2.75) is 74.7 Å². The lowest BCUT2D eigenvalue weighted by atomic mass is 9.86. The molecule has 0 N–H and O–H groups in total. The molecule has 0 amide bonds. The van der Waals surface area contributed by atoms with Gasteiger partial charge in [0.05, 0.1) is 6.07 Å². The minimum atomic E-state index is -0.0503. The zero-order valence-electron chi connectivity index (χ0n) is 22.9. The first kappa shape index (κ1) is 25.3. The van der Waals surface area contributed by atoms with Crippen molar-refractivity contribution in [3.63, 3.8) is 0 Å². The van der Waals surface area contributed by atoms with Crippen molar-refractivity contribution < 1.29 is 9.15 Å². The van der Waals surface area contributed by atoms with Crippen molar-refractivity contribution in [2.75, 3.05) is 13.1 Å². The molecule has 2 aliphatic heterocycles. The number of ether oxygens (including phenoxy) is 1. The maximum Gasteiger partial charge on any atom is 0.203 e. The number of allylic oxidation sites excluding steroid dienone is 8. The molecule has 2 heterocycles. The van der Waals surface area contributed by atoms with Crippen LogP contribution < -0.4 is 9.93 Å². The molecule has 0 aromatic heterocycles. The molecule has 0 aromatic carbocycles. The summed E-state index contributed by atoms with van der Waals surface area (Å²) in [6.45, 7) is 19.6. The van der Waals surface area contributed by atoms with E-state index in [2.05, 4.69) is 109 Å². The van der Waals surface area contributed by atoms with Crippen molar-refractivity contribution >= 4 is 5.57 Å². The summed E-state index contributed by atoms with van der Waals surface area (Å²) < 4.78 is 15.3. The first-order valence-electron chi connectivity index (χ1n) is 13.2. The van der Waals surface area contributed by atoms with E-state index in [-0.39, 0.29) is 10.8 Å². The van der Waals surface area contributed by atoms with Gasteiger partial charge in [0.1, 0.15) is 36.1 Å². The zero-order valence-corrected chi connectivity index (χ0v) is 22.9. The van der Waals surface area contributed by atoms with Crippen molar-refractivity contribution in [1.29, 1.82) is 0 Å². The van der Waals surface area contributed by atoms with Crippen LogP contribution >= 0.6 is 0 Å². The minimum absolute atomic E-state index is 0.0503. The second-order valence-electron chi connectivity index (χ2n) is 11.8. The molecule has 0 unspecified atom stereocenters. The van der Waals surface area contributed by atoms with Crippen LogP contribution in [0.2, 0.25) is 0 Å². The fourth-order valence-electron chi connectivity index (χ4n) is 4.70. The van der Waals surface area contributed by atoms with Crippen LogP contribution in [0.15, 0.2) is 70.1 Å².